The molecule has 1 aliphatic rings. The van der Waals surface area contributed by atoms with Crippen molar-refractivity contribution in [2.75, 3.05) is 0 Å². The van der Waals surface area contributed by atoms with Crippen molar-refractivity contribution in [3.8, 4) is 0 Å². The lowest BCUT2D eigenvalue weighted by Crippen LogP contribution is -2.31. The average molecular weight is 350 g/mol. The Balaban J connectivity index is 2.24. The molecule has 2 amide bonds. The Morgan fingerprint density at radius 2 is 1.76 bits per heavy atom. The van der Waals surface area contributed by atoms with Crippen LogP contribution in [0.1, 0.15) is 29.5 Å². The number of aliphatic hydroxyl groups is 2. The van der Waals surface area contributed by atoms with E-state index in [9.17, 15) is 34.7 Å². The van der Waals surface area contributed by atoms with Gasteiger partial charge in [-0.05, 0) is 23.3 Å². The topological polar surface area (TPSA) is 147 Å². The van der Waals surface area contributed by atoms with Crippen LogP contribution >= 0.6 is 0 Å². The van der Waals surface area contributed by atoms with E-state index in [2.05, 4.69) is 4.84 Å². The summed E-state index contributed by atoms with van der Waals surface area (Å²) in [5, 5.41) is 29.9. The minimum absolute atomic E-state index is 0.0118. The fourth-order valence-corrected chi connectivity index (χ4v) is 2.22. The van der Waals surface area contributed by atoms with Crippen LogP contribution in [0.4, 0.5) is 5.69 Å². The second kappa shape index (κ2) is 7.64. The molecule has 1 aromatic rings. The van der Waals surface area contributed by atoms with E-state index in [0.717, 1.165) is 18.2 Å². The molecule has 1 heterocycles. The first-order valence-corrected chi connectivity index (χ1v) is 7.15. The molecular formula is C15H14N2O8. The Morgan fingerprint density at radius 1 is 1.20 bits per heavy atom. The third-order valence-corrected chi connectivity index (χ3v) is 3.47. The molecule has 0 aromatic heterocycles. The van der Waals surface area contributed by atoms with Gasteiger partial charge in [-0.15, -0.1) is 5.06 Å². The fraction of sp³-hybridized carbons (Fsp3) is 0.267. The number of carbonyl (C=O) groups is 3. The highest BCUT2D eigenvalue weighted by molar-refractivity contribution is 6.02. The summed E-state index contributed by atoms with van der Waals surface area (Å²) >= 11 is 0. The Labute approximate surface area is 141 Å². The predicted octanol–water partition coefficient (Wildman–Crippen LogP) is 0.200. The zero-order valence-electron chi connectivity index (χ0n) is 12.9. The standard InChI is InChI=1S/C15H14N2O8/c18-7-10-5-9(12(17(23)24)6-11(10)8-19)1-4-15(22)25-16-13(20)2-3-14(16)21/h1,4-6,18-19H,2-3,7-8H2/b4-1+. The van der Waals surface area contributed by atoms with Crippen LogP contribution in [0.3, 0.4) is 0 Å². The van der Waals surface area contributed by atoms with Gasteiger partial charge in [0.15, 0.2) is 0 Å². The maximum absolute atomic E-state index is 11.7. The number of aliphatic hydroxyl groups excluding tert-OH is 2. The molecule has 10 nitrogen and oxygen atoms in total. The first-order chi connectivity index (χ1) is 11.9. The molecule has 0 unspecified atom stereocenters. The lowest BCUT2D eigenvalue weighted by atomic mass is 10.0. The summed E-state index contributed by atoms with van der Waals surface area (Å²) < 4.78 is 0. The van der Waals surface area contributed by atoms with Gasteiger partial charge in [0.2, 0.25) is 0 Å². The van der Waals surface area contributed by atoms with Crippen LogP contribution in [0.15, 0.2) is 18.2 Å². The lowest BCUT2D eigenvalue weighted by molar-refractivity contribution is -0.385. The van der Waals surface area contributed by atoms with E-state index in [4.69, 9.17) is 0 Å². The van der Waals surface area contributed by atoms with E-state index >= 15 is 0 Å². The van der Waals surface area contributed by atoms with Crippen LogP contribution in [-0.4, -0.2) is 38.0 Å². The Bertz CT molecular complexity index is 755. The number of carbonyl (C=O) groups excluding carboxylic acids is 3. The molecule has 2 N–H and O–H groups in total. The molecule has 0 bridgehead atoms. The van der Waals surface area contributed by atoms with Crippen LogP contribution in [0.25, 0.3) is 6.08 Å². The minimum atomic E-state index is -1.06. The lowest BCUT2D eigenvalue weighted by Gasteiger charge is -2.10. The number of hydrogen-bond acceptors (Lipinski definition) is 8. The molecule has 1 saturated heterocycles. The van der Waals surface area contributed by atoms with Crippen molar-refractivity contribution in [3.05, 3.63) is 45.0 Å². The second-order valence-corrected chi connectivity index (χ2v) is 5.08. The molecule has 1 aromatic carbocycles. The number of imide groups is 1. The van der Waals surface area contributed by atoms with Crippen molar-refractivity contribution in [1.82, 2.24) is 5.06 Å². The molecule has 132 valence electrons. The van der Waals surface area contributed by atoms with Crippen molar-refractivity contribution in [2.24, 2.45) is 0 Å². The quantitative estimate of drug-likeness (QED) is 0.320. The van der Waals surface area contributed by atoms with E-state index in [1.165, 1.54) is 6.07 Å². The zero-order chi connectivity index (χ0) is 18.6. The zero-order valence-corrected chi connectivity index (χ0v) is 12.9. The largest absolute Gasteiger partial charge is 0.392 e. The number of amides is 2. The number of rotatable bonds is 6. The van der Waals surface area contributed by atoms with Crippen molar-refractivity contribution in [2.45, 2.75) is 26.1 Å². The summed E-state index contributed by atoms with van der Waals surface area (Å²) in [4.78, 5) is 49.4. The summed E-state index contributed by atoms with van der Waals surface area (Å²) in [6.45, 7) is -0.960. The highest BCUT2D eigenvalue weighted by Crippen LogP contribution is 2.25. The normalized spacial score (nSPS) is 14.4. The Morgan fingerprint density at radius 3 is 2.28 bits per heavy atom. The molecule has 10 heteroatoms. The Hall–Kier alpha value is -3.11. The monoisotopic (exact) mass is 350 g/mol. The highest BCUT2D eigenvalue weighted by Gasteiger charge is 2.32. The van der Waals surface area contributed by atoms with Crippen LogP contribution in [0.2, 0.25) is 0 Å². The van der Waals surface area contributed by atoms with E-state index in [0.29, 0.717) is 5.06 Å². The van der Waals surface area contributed by atoms with Gasteiger partial charge in [0.25, 0.3) is 17.5 Å². The number of hydrogen-bond donors (Lipinski definition) is 2. The fourth-order valence-electron chi connectivity index (χ4n) is 2.22. The molecule has 2 rings (SSSR count). The highest BCUT2D eigenvalue weighted by atomic mass is 16.7. The van der Waals surface area contributed by atoms with E-state index < -0.39 is 41.6 Å². The first-order valence-electron chi connectivity index (χ1n) is 7.15. The van der Waals surface area contributed by atoms with Crippen LogP contribution in [0, 0.1) is 10.1 Å². The van der Waals surface area contributed by atoms with Gasteiger partial charge in [-0.1, -0.05) is 0 Å². The predicted molar refractivity (Wildman–Crippen MR) is 81.2 cm³/mol. The molecule has 0 saturated carbocycles. The maximum Gasteiger partial charge on any atom is 0.356 e. The van der Waals surface area contributed by atoms with Crippen molar-refractivity contribution in [3.63, 3.8) is 0 Å². The van der Waals surface area contributed by atoms with Gasteiger partial charge in [0.1, 0.15) is 0 Å². The van der Waals surface area contributed by atoms with Crippen molar-refractivity contribution < 1.29 is 34.4 Å². The summed E-state index contributed by atoms with van der Waals surface area (Å²) in [5.41, 5.74) is 0.0362. The number of nitrogens with zero attached hydrogens (tertiary/aromatic N) is 2. The smallest absolute Gasteiger partial charge is 0.356 e. The number of nitro benzene ring substituents is 1. The number of benzene rings is 1. The SMILES string of the molecule is O=C(/C=C/c1cc(CO)c(CO)cc1[N+](=O)[O-])ON1C(=O)CCC1=O. The molecular weight excluding hydrogens is 336 g/mol. The number of nitro groups is 1. The molecule has 0 radical (unpaired) electrons. The van der Waals surface area contributed by atoms with Gasteiger partial charge in [-0.25, -0.2) is 4.79 Å². The molecule has 0 spiro atoms. The van der Waals surface area contributed by atoms with Gasteiger partial charge in [-0.3, -0.25) is 19.7 Å². The van der Waals surface area contributed by atoms with Crippen LogP contribution in [-0.2, 0) is 32.4 Å². The third kappa shape index (κ3) is 4.05. The molecule has 0 aliphatic carbocycles. The molecule has 0 atom stereocenters. The molecule has 1 fully saturated rings. The van der Waals surface area contributed by atoms with E-state index in [1.807, 2.05) is 0 Å². The van der Waals surface area contributed by atoms with E-state index in [-0.39, 0.29) is 29.5 Å². The van der Waals surface area contributed by atoms with Gasteiger partial charge in [0, 0.05) is 25.0 Å². The van der Waals surface area contributed by atoms with Gasteiger partial charge < -0.3 is 15.1 Å². The molecule has 25 heavy (non-hydrogen) atoms. The van der Waals surface area contributed by atoms with Gasteiger partial charge >= 0.3 is 5.97 Å². The minimum Gasteiger partial charge on any atom is -0.392 e. The summed E-state index contributed by atoms with van der Waals surface area (Å²) in [6.07, 6.45) is 1.78. The van der Waals surface area contributed by atoms with Crippen molar-refractivity contribution >= 4 is 29.5 Å². The summed E-state index contributed by atoms with van der Waals surface area (Å²) in [7, 11) is 0. The van der Waals surface area contributed by atoms with Gasteiger partial charge in [0.05, 0.1) is 23.7 Å². The second-order valence-electron chi connectivity index (χ2n) is 5.08. The first kappa shape index (κ1) is 18.2. The summed E-state index contributed by atoms with van der Waals surface area (Å²) in [5.74, 6) is -2.35. The average Bonchev–Trinajstić information content (AvgIpc) is 2.90. The number of hydroxylamine groups is 2. The Kier molecular flexibility index (Phi) is 5.57. The van der Waals surface area contributed by atoms with Gasteiger partial charge in [-0.2, -0.15) is 0 Å². The van der Waals surface area contributed by atoms with Crippen molar-refractivity contribution in [1.29, 1.82) is 0 Å². The molecule has 1 aliphatic heterocycles. The van der Waals surface area contributed by atoms with Crippen LogP contribution in [0.5, 0.6) is 0 Å². The summed E-state index contributed by atoms with van der Waals surface area (Å²) in [6, 6.07) is 2.34. The maximum atomic E-state index is 11.7. The third-order valence-electron chi connectivity index (χ3n) is 3.47. The van der Waals surface area contributed by atoms with E-state index in [1.54, 1.807) is 0 Å². The van der Waals surface area contributed by atoms with Crippen LogP contribution < -0.4 is 0 Å².